The number of alkyl halides is 3. The zero-order chi connectivity index (χ0) is 17.0. The third-order valence-electron chi connectivity index (χ3n) is 2.28. The number of ether oxygens (including phenoxy) is 2. The Morgan fingerprint density at radius 1 is 1.18 bits per heavy atom. The van der Waals surface area contributed by atoms with Crippen molar-refractivity contribution in [3.63, 3.8) is 0 Å². The van der Waals surface area contributed by atoms with Gasteiger partial charge in [0.1, 0.15) is 23.7 Å². The van der Waals surface area contributed by atoms with E-state index < -0.39 is 29.8 Å². The smallest absolute Gasteiger partial charge is 0.444 e. The lowest BCUT2D eigenvalue weighted by Gasteiger charge is -2.21. The van der Waals surface area contributed by atoms with Crippen molar-refractivity contribution in [2.75, 3.05) is 0 Å². The molecular weight excluding hydrogens is 303 g/mol. The molecule has 0 bridgehead atoms. The molecule has 0 radical (unpaired) electrons. The second kappa shape index (κ2) is 6.67. The first-order chi connectivity index (χ1) is 10.00. The maximum absolute atomic E-state index is 12.0. The van der Waals surface area contributed by atoms with E-state index in [4.69, 9.17) is 4.74 Å². The molecule has 1 aromatic carbocycles. The molecule has 5 nitrogen and oxygen atoms in total. The summed E-state index contributed by atoms with van der Waals surface area (Å²) in [5.74, 6) is -0.418. The molecule has 0 aliphatic carbocycles. The number of nitrogens with one attached hydrogen (secondary N) is 1. The van der Waals surface area contributed by atoms with Gasteiger partial charge in [0.2, 0.25) is 0 Å². The van der Waals surface area contributed by atoms with Crippen molar-refractivity contribution in [1.82, 2.24) is 5.32 Å². The van der Waals surface area contributed by atoms with E-state index in [9.17, 15) is 22.8 Å². The number of rotatable bonds is 4. The van der Waals surface area contributed by atoms with Crippen molar-refractivity contribution >= 4 is 12.4 Å². The summed E-state index contributed by atoms with van der Waals surface area (Å²) in [4.78, 5) is 22.6. The molecule has 0 aliphatic rings. The summed E-state index contributed by atoms with van der Waals surface area (Å²) in [6.07, 6.45) is -5.15. The SMILES string of the molecule is CC(C)(C)OC(=O)NC(C=O)c1ccc(OC(F)(F)F)cc1. The van der Waals surface area contributed by atoms with Crippen molar-refractivity contribution in [2.45, 2.75) is 38.8 Å². The zero-order valence-electron chi connectivity index (χ0n) is 12.2. The molecule has 0 aliphatic heterocycles. The summed E-state index contributed by atoms with van der Waals surface area (Å²) < 4.78 is 44.8. The van der Waals surface area contributed by atoms with Crippen LogP contribution >= 0.6 is 0 Å². The quantitative estimate of drug-likeness (QED) is 0.864. The number of hydrogen-bond acceptors (Lipinski definition) is 4. The van der Waals surface area contributed by atoms with Crippen molar-refractivity contribution in [2.24, 2.45) is 0 Å². The Kier molecular flexibility index (Phi) is 5.40. The van der Waals surface area contributed by atoms with E-state index in [1.165, 1.54) is 12.1 Å². The Morgan fingerprint density at radius 2 is 1.73 bits per heavy atom. The van der Waals surface area contributed by atoms with Gasteiger partial charge in [0.15, 0.2) is 0 Å². The van der Waals surface area contributed by atoms with Gasteiger partial charge >= 0.3 is 12.5 Å². The van der Waals surface area contributed by atoms with E-state index in [1.807, 2.05) is 0 Å². The van der Waals surface area contributed by atoms with Gasteiger partial charge in [0.05, 0.1) is 0 Å². The number of carbonyl (C=O) groups excluding carboxylic acids is 2. The second-order valence-electron chi connectivity index (χ2n) is 5.38. The zero-order valence-corrected chi connectivity index (χ0v) is 12.2. The average molecular weight is 319 g/mol. The van der Waals surface area contributed by atoms with Crippen LogP contribution in [0.2, 0.25) is 0 Å². The van der Waals surface area contributed by atoms with Gasteiger partial charge in [-0.05, 0) is 38.5 Å². The van der Waals surface area contributed by atoms with Crippen LogP contribution in [-0.4, -0.2) is 24.3 Å². The lowest BCUT2D eigenvalue weighted by Crippen LogP contribution is -2.35. The highest BCUT2D eigenvalue weighted by Crippen LogP contribution is 2.24. The van der Waals surface area contributed by atoms with E-state index in [2.05, 4.69) is 10.1 Å². The number of halogens is 3. The van der Waals surface area contributed by atoms with E-state index in [0.29, 0.717) is 11.8 Å². The maximum Gasteiger partial charge on any atom is 0.573 e. The fourth-order valence-electron chi connectivity index (χ4n) is 1.51. The predicted octanol–water partition coefficient (Wildman–Crippen LogP) is 3.35. The minimum atomic E-state index is -4.79. The summed E-state index contributed by atoms with van der Waals surface area (Å²) in [7, 11) is 0. The largest absolute Gasteiger partial charge is 0.573 e. The number of aldehydes is 1. The van der Waals surface area contributed by atoms with Crippen molar-refractivity contribution in [1.29, 1.82) is 0 Å². The summed E-state index contributed by atoms with van der Waals surface area (Å²) >= 11 is 0. The van der Waals surface area contributed by atoms with Gasteiger partial charge in [-0.3, -0.25) is 0 Å². The van der Waals surface area contributed by atoms with Gasteiger partial charge in [-0.15, -0.1) is 13.2 Å². The lowest BCUT2D eigenvalue weighted by molar-refractivity contribution is -0.274. The molecule has 1 N–H and O–H groups in total. The highest BCUT2D eigenvalue weighted by atomic mass is 19.4. The van der Waals surface area contributed by atoms with Crippen LogP contribution in [0, 0.1) is 0 Å². The second-order valence-corrected chi connectivity index (χ2v) is 5.38. The monoisotopic (exact) mass is 319 g/mol. The van der Waals surface area contributed by atoms with E-state index in [0.717, 1.165) is 12.1 Å². The standard InChI is InChI=1S/C14H16F3NO4/c1-13(2,3)22-12(20)18-11(8-19)9-4-6-10(7-5-9)21-14(15,16)17/h4-8,11H,1-3H3,(H,18,20). The third kappa shape index (κ3) is 6.47. The molecule has 0 fully saturated rings. The van der Waals surface area contributed by atoms with Gasteiger partial charge in [0.25, 0.3) is 0 Å². The number of alkyl carbamates (subject to hydrolysis) is 1. The Labute approximate surface area is 125 Å². The molecule has 1 atom stereocenters. The van der Waals surface area contributed by atoms with Crippen LogP contribution in [0.15, 0.2) is 24.3 Å². The predicted molar refractivity (Wildman–Crippen MR) is 71.3 cm³/mol. The van der Waals surface area contributed by atoms with Crippen LogP contribution in [0.1, 0.15) is 32.4 Å². The molecule has 122 valence electrons. The lowest BCUT2D eigenvalue weighted by atomic mass is 10.1. The van der Waals surface area contributed by atoms with Crippen LogP contribution in [0.5, 0.6) is 5.75 Å². The third-order valence-corrected chi connectivity index (χ3v) is 2.28. The molecule has 0 spiro atoms. The highest BCUT2D eigenvalue weighted by Gasteiger charge is 2.31. The summed E-state index contributed by atoms with van der Waals surface area (Å²) in [5, 5.41) is 2.31. The number of amides is 1. The molecule has 0 aromatic heterocycles. The maximum atomic E-state index is 12.0. The fourth-order valence-corrected chi connectivity index (χ4v) is 1.51. The van der Waals surface area contributed by atoms with Gasteiger partial charge in [0, 0.05) is 0 Å². The van der Waals surface area contributed by atoms with Gasteiger partial charge in [-0.25, -0.2) is 4.79 Å². The average Bonchev–Trinajstić information content (AvgIpc) is 2.33. The van der Waals surface area contributed by atoms with Crippen LogP contribution < -0.4 is 10.1 Å². The van der Waals surface area contributed by atoms with Gasteiger partial charge < -0.3 is 19.6 Å². The molecule has 1 amide bonds. The van der Waals surface area contributed by atoms with Crippen LogP contribution in [0.3, 0.4) is 0 Å². The first kappa shape index (κ1) is 17.8. The molecule has 8 heteroatoms. The number of benzene rings is 1. The van der Waals surface area contributed by atoms with Crippen molar-refractivity contribution in [3.8, 4) is 5.75 Å². The van der Waals surface area contributed by atoms with E-state index in [-0.39, 0.29) is 0 Å². The number of hydrogen-bond donors (Lipinski definition) is 1. The topological polar surface area (TPSA) is 64.6 Å². The summed E-state index contributed by atoms with van der Waals surface area (Å²) in [6, 6.07) is 3.57. The molecule has 0 saturated carbocycles. The highest BCUT2D eigenvalue weighted by molar-refractivity contribution is 5.74. The Hall–Kier alpha value is -2.25. The Morgan fingerprint density at radius 3 is 2.14 bits per heavy atom. The molecule has 0 heterocycles. The molecule has 22 heavy (non-hydrogen) atoms. The van der Waals surface area contributed by atoms with Crippen LogP contribution in [0.25, 0.3) is 0 Å². The van der Waals surface area contributed by atoms with Crippen LogP contribution in [0.4, 0.5) is 18.0 Å². The van der Waals surface area contributed by atoms with Crippen molar-refractivity contribution in [3.05, 3.63) is 29.8 Å². The minimum absolute atomic E-state index is 0.301. The van der Waals surface area contributed by atoms with Gasteiger partial charge in [-0.1, -0.05) is 12.1 Å². The first-order valence-corrected chi connectivity index (χ1v) is 6.31. The first-order valence-electron chi connectivity index (χ1n) is 6.31. The molecule has 1 unspecified atom stereocenters. The molecule has 1 aromatic rings. The summed E-state index contributed by atoms with van der Waals surface area (Å²) in [5.41, 5.74) is -0.433. The minimum Gasteiger partial charge on any atom is -0.444 e. The van der Waals surface area contributed by atoms with Crippen LogP contribution in [-0.2, 0) is 9.53 Å². The molecule has 1 rings (SSSR count). The van der Waals surface area contributed by atoms with E-state index in [1.54, 1.807) is 20.8 Å². The Balaban J connectivity index is 2.75. The fraction of sp³-hybridized carbons (Fsp3) is 0.429. The van der Waals surface area contributed by atoms with E-state index >= 15 is 0 Å². The van der Waals surface area contributed by atoms with Crippen molar-refractivity contribution < 1.29 is 32.2 Å². The number of carbonyl (C=O) groups is 2. The van der Waals surface area contributed by atoms with Gasteiger partial charge in [-0.2, -0.15) is 0 Å². The normalized spacial score (nSPS) is 13.2. The Bertz CT molecular complexity index is 520. The molecular formula is C14H16F3NO4. The molecule has 0 saturated heterocycles. The summed E-state index contributed by atoms with van der Waals surface area (Å²) in [6.45, 7) is 4.98.